The van der Waals surface area contributed by atoms with Gasteiger partial charge in [0.15, 0.2) is 0 Å². The van der Waals surface area contributed by atoms with Gasteiger partial charge in [0, 0.05) is 31.9 Å². The number of ether oxygens (including phenoxy) is 1. The van der Waals surface area contributed by atoms with Crippen molar-refractivity contribution in [2.75, 3.05) is 20.1 Å². The van der Waals surface area contributed by atoms with E-state index in [1.807, 2.05) is 0 Å². The predicted octanol–water partition coefficient (Wildman–Crippen LogP) is 3.02. The lowest BCUT2D eigenvalue weighted by atomic mass is 9.96. The van der Waals surface area contributed by atoms with Crippen molar-refractivity contribution >= 4 is 22.8 Å². The van der Waals surface area contributed by atoms with Gasteiger partial charge in [0.05, 0.1) is 28.8 Å². The van der Waals surface area contributed by atoms with Crippen LogP contribution in [0.2, 0.25) is 0 Å². The highest BCUT2D eigenvalue weighted by Gasteiger charge is 2.36. The maximum Gasteiger partial charge on any atom is 0.407 e. The van der Waals surface area contributed by atoms with Crippen LogP contribution in [0, 0.1) is 5.82 Å². The third-order valence-electron chi connectivity index (χ3n) is 6.83. The summed E-state index contributed by atoms with van der Waals surface area (Å²) >= 11 is 0. The first-order valence-corrected chi connectivity index (χ1v) is 11.5. The standard InChI is InChI=1S/C25H25FN4O5/c1-29(25(33)34)15-12-30(13-15)24(32)20-9-14(5-8-21(20)26)10-22-19-11-17(35-16-3-2-4-16)6-7-18(19)23(31)28-27-22/h5-9,11,15-16H,2-4,10,12-13H2,1H3,(H,28,31)(H,33,34). The molecule has 0 atom stereocenters. The van der Waals surface area contributed by atoms with Crippen LogP contribution in [0.3, 0.4) is 0 Å². The van der Waals surface area contributed by atoms with E-state index in [0.29, 0.717) is 27.8 Å². The first kappa shape index (κ1) is 22.8. The van der Waals surface area contributed by atoms with Gasteiger partial charge in [0.1, 0.15) is 11.6 Å². The Balaban J connectivity index is 1.38. The molecule has 2 heterocycles. The summed E-state index contributed by atoms with van der Waals surface area (Å²) in [5.41, 5.74) is 0.839. The van der Waals surface area contributed by atoms with Crippen molar-refractivity contribution in [2.24, 2.45) is 0 Å². The van der Waals surface area contributed by atoms with E-state index in [2.05, 4.69) is 10.2 Å². The molecule has 2 N–H and O–H groups in total. The van der Waals surface area contributed by atoms with Crippen LogP contribution in [-0.2, 0) is 6.42 Å². The number of H-pyrrole nitrogens is 1. The molecule has 3 aromatic rings. The van der Waals surface area contributed by atoms with Gasteiger partial charge in [-0.15, -0.1) is 0 Å². The Morgan fingerprint density at radius 2 is 1.97 bits per heavy atom. The van der Waals surface area contributed by atoms with Gasteiger partial charge in [0.2, 0.25) is 0 Å². The molecule has 2 amide bonds. The fourth-order valence-corrected chi connectivity index (χ4v) is 4.32. The summed E-state index contributed by atoms with van der Waals surface area (Å²) in [6, 6.07) is 9.28. The maximum atomic E-state index is 14.6. The molecular formula is C25H25FN4O5. The van der Waals surface area contributed by atoms with Gasteiger partial charge in [-0.2, -0.15) is 5.10 Å². The molecule has 2 aromatic carbocycles. The number of carbonyl (C=O) groups is 2. The molecule has 1 saturated heterocycles. The number of fused-ring (bicyclic) bond motifs is 1. The number of likely N-dealkylation sites (tertiary alicyclic amines) is 1. The number of halogens is 1. The molecule has 1 aliphatic heterocycles. The Morgan fingerprint density at radius 3 is 2.66 bits per heavy atom. The summed E-state index contributed by atoms with van der Waals surface area (Å²) in [6.45, 7) is 0.419. The van der Waals surface area contributed by atoms with Crippen molar-refractivity contribution in [3.8, 4) is 5.75 Å². The second-order valence-electron chi connectivity index (χ2n) is 9.13. The third kappa shape index (κ3) is 4.43. The first-order chi connectivity index (χ1) is 16.8. The summed E-state index contributed by atoms with van der Waals surface area (Å²) in [4.78, 5) is 38.8. The Morgan fingerprint density at radius 1 is 1.20 bits per heavy atom. The number of benzene rings is 2. The molecular weight excluding hydrogens is 455 g/mol. The van der Waals surface area contributed by atoms with Crippen LogP contribution < -0.4 is 10.3 Å². The van der Waals surface area contributed by atoms with E-state index in [1.165, 1.54) is 24.1 Å². The van der Waals surface area contributed by atoms with E-state index in [-0.39, 0.29) is 42.8 Å². The summed E-state index contributed by atoms with van der Waals surface area (Å²) < 4.78 is 20.5. The second-order valence-corrected chi connectivity index (χ2v) is 9.13. The number of carboxylic acid groups (broad SMARTS) is 1. The Labute approximate surface area is 200 Å². The largest absolute Gasteiger partial charge is 0.490 e. The Bertz CT molecular complexity index is 1360. The molecule has 0 bridgehead atoms. The van der Waals surface area contributed by atoms with Crippen LogP contribution in [-0.4, -0.2) is 69.4 Å². The number of hydrogen-bond acceptors (Lipinski definition) is 5. The fourth-order valence-electron chi connectivity index (χ4n) is 4.32. The lowest BCUT2D eigenvalue weighted by molar-refractivity contribution is 0.0343. The van der Waals surface area contributed by atoms with E-state index in [4.69, 9.17) is 9.84 Å². The minimum absolute atomic E-state index is 0.0818. The number of nitrogens with zero attached hydrogens (tertiary/aromatic N) is 3. The quantitative estimate of drug-likeness (QED) is 0.560. The van der Waals surface area contributed by atoms with E-state index in [1.54, 1.807) is 24.3 Å². The van der Waals surface area contributed by atoms with E-state index in [9.17, 15) is 18.8 Å². The molecule has 0 radical (unpaired) electrons. The highest BCUT2D eigenvalue weighted by Crippen LogP contribution is 2.28. The number of aromatic amines is 1. The van der Waals surface area contributed by atoms with E-state index in [0.717, 1.165) is 24.2 Å². The topological polar surface area (TPSA) is 116 Å². The molecule has 2 aliphatic rings. The Kier molecular flexibility index (Phi) is 5.88. The number of rotatable bonds is 6. The predicted molar refractivity (Wildman–Crippen MR) is 125 cm³/mol. The number of carbonyl (C=O) groups excluding carboxylic acids is 1. The van der Waals surface area contributed by atoms with Gasteiger partial charge in [0.25, 0.3) is 11.5 Å². The lowest BCUT2D eigenvalue weighted by Gasteiger charge is -2.42. The van der Waals surface area contributed by atoms with Crippen LogP contribution in [0.5, 0.6) is 5.75 Å². The van der Waals surface area contributed by atoms with Gasteiger partial charge >= 0.3 is 6.09 Å². The molecule has 5 rings (SSSR count). The molecule has 1 aromatic heterocycles. The van der Waals surface area contributed by atoms with Gasteiger partial charge < -0.3 is 19.6 Å². The summed E-state index contributed by atoms with van der Waals surface area (Å²) in [5, 5.41) is 16.9. The normalized spacial score (nSPS) is 16.0. The van der Waals surface area contributed by atoms with Crippen molar-refractivity contribution < 1.29 is 23.8 Å². The molecule has 1 aliphatic carbocycles. The van der Waals surface area contributed by atoms with E-state index < -0.39 is 17.8 Å². The zero-order valence-electron chi connectivity index (χ0n) is 19.2. The smallest absolute Gasteiger partial charge is 0.407 e. The number of aromatic nitrogens is 2. The molecule has 10 heteroatoms. The summed E-state index contributed by atoms with van der Waals surface area (Å²) in [7, 11) is 1.44. The summed E-state index contributed by atoms with van der Waals surface area (Å²) in [5.74, 6) is -0.469. The maximum absolute atomic E-state index is 14.6. The fraction of sp³-hybridized carbons (Fsp3) is 0.360. The Hall–Kier alpha value is -3.95. The minimum Gasteiger partial charge on any atom is -0.490 e. The van der Waals surface area contributed by atoms with Crippen LogP contribution in [0.15, 0.2) is 41.2 Å². The third-order valence-corrected chi connectivity index (χ3v) is 6.83. The molecule has 0 unspecified atom stereocenters. The highest BCUT2D eigenvalue weighted by atomic mass is 19.1. The first-order valence-electron chi connectivity index (χ1n) is 11.5. The van der Waals surface area contributed by atoms with Crippen LogP contribution in [0.1, 0.15) is 40.9 Å². The van der Waals surface area contributed by atoms with Crippen molar-refractivity contribution in [1.82, 2.24) is 20.0 Å². The van der Waals surface area contributed by atoms with Gasteiger partial charge in [-0.3, -0.25) is 9.59 Å². The van der Waals surface area contributed by atoms with Crippen LogP contribution in [0.4, 0.5) is 9.18 Å². The average Bonchev–Trinajstić information content (AvgIpc) is 2.78. The van der Waals surface area contributed by atoms with Crippen LogP contribution in [0.25, 0.3) is 10.8 Å². The van der Waals surface area contributed by atoms with Crippen molar-refractivity contribution in [3.63, 3.8) is 0 Å². The molecule has 0 spiro atoms. The molecule has 35 heavy (non-hydrogen) atoms. The zero-order chi connectivity index (χ0) is 24.7. The number of nitrogens with one attached hydrogen (secondary N) is 1. The monoisotopic (exact) mass is 480 g/mol. The van der Waals surface area contributed by atoms with E-state index >= 15 is 0 Å². The summed E-state index contributed by atoms with van der Waals surface area (Å²) in [6.07, 6.45) is 2.55. The molecule has 2 fully saturated rings. The van der Waals surface area contributed by atoms with Crippen molar-refractivity contribution in [3.05, 3.63) is 69.4 Å². The molecule has 182 valence electrons. The number of hydrogen-bond donors (Lipinski definition) is 2. The molecule has 1 saturated carbocycles. The number of amides is 2. The van der Waals surface area contributed by atoms with Gasteiger partial charge in [-0.05, 0) is 55.2 Å². The SMILES string of the molecule is CN(C(=O)O)C1CN(C(=O)c2cc(Cc3n[nH]c(=O)c4ccc(OC5CCC5)cc34)ccc2F)C1. The van der Waals surface area contributed by atoms with Gasteiger partial charge in [-0.25, -0.2) is 14.3 Å². The van der Waals surface area contributed by atoms with Crippen molar-refractivity contribution in [1.29, 1.82) is 0 Å². The molecule has 9 nitrogen and oxygen atoms in total. The number of likely N-dealkylation sites (N-methyl/N-ethyl adjacent to an activating group) is 1. The van der Waals surface area contributed by atoms with Gasteiger partial charge in [-0.1, -0.05) is 6.07 Å². The second kappa shape index (κ2) is 9.01. The zero-order valence-corrected chi connectivity index (χ0v) is 19.2. The minimum atomic E-state index is -1.07. The van der Waals surface area contributed by atoms with Crippen LogP contribution >= 0.6 is 0 Å². The average molecular weight is 480 g/mol. The van der Waals surface area contributed by atoms with Crippen molar-refractivity contribution in [2.45, 2.75) is 37.8 Å². The highest BCUT2D eigenvalue weighted by molar-refractivity contribution is 5.95. The lowest BCUT2D eigenvalue weighted by Crippen LogP contribution is -2.61.